The first-order valence-corrected chi connectivity index (χ1v) is 7.00. The first kappa shape index (κ1) is 16.1. The van der Waals surface area contributed by atoms with E-state index < -0.39 is 5.97 Å². The number of amides is 1. The maximum absolute atomic E-state index is 12.6. The zero-order valence-corrected chi connectivity index (χ0v) is 12.7. The molecule has 0 atom stereocenters. The zero-order chi connectivity index (χ0) is 16.1. The molecule has 1 amide bonds. The number of benzene rings is 1. The molecule has 1 aliphatic rings. The highest BCUT2D eigenvalue weighted by molar-refractivity contribution is 5.97. The molecule has 7 nitrogen and oxygen atoms in total. The number of piperazine rings is 1. The molecule has 7 heteroatoms. The number of carboxylic acids is 1. The van der Waals surface area contributed by atoms with E-state index in [1.54, 1.807) is 30.2 Å². The standard InChI is InChI=1S/C15H20N2O5/c1-21-11-3-4-12(13(9-11)22-2)15(20)17-7-5-16(6-8-17)10-14(18)19/h3-4,9H,5-8,10H2,1-2H3,(H,18,19). The summed E-state index contributed by atoms with van der Waals surface area (Å²) in [6, 6.07) is 5.08. The predicted octanol–water partition coefficient (Wildman–Crippen LogP) is 0.546. The second-order valence-corrected chi connectivity index (χ2v) is 5.03. The fourth-order valence-electron chi connectivity index (χ4n) is 2.45. The van der Waals surface area contributed by atoms with Crippen molar-refractivity contribution < 1.29 is 24.2 Å². The SMILES string of the molecule is COc1ccc(C(=O)N2CCN(CC(=O)O)CC2)c(OC)c1. The van der Waals surface area contributed by atoms with Gasteiger partial charge in [-0.1, -0.05) is 0 Å². The number of carboxylic acid groups (broad SMARTS) is 1. The smallest absolute Gasteiger partial charge is 0.317 e. The summed E-state index contributed by atoms with van der Waals surface area (Å²) < 4.78 is 10.4. The van der Waals surface area contributed by atoms with Gasteiger partial charge in [0.05, 0.1) is 26.3 Å². The third-order valence-corrected chi connectivity index (χ3v) is 3.66. The monoisotopic (exact) mass is 308 g/mol. The first-order chi connectivity index (χ1) is 10.5. The summed E-state index contributed by atoms with van der Waals surface area (Å²) in [6.07, 6.45) is 0. The fourth-order valence-corrected chi connectivity index (χ4v) is 2.45. The quantitative estimate of drug-likeness (QED) is 0.855. The Hall–Kier alpha value is -2.28. The molecule has 1 saturated heterocycles. The third-order valence-electron chi connectivity index (χ3n) is 3.66. The molecule has 0 aromatic heterocycles. The van der Waals surface area contributed by atoms with Gasteiger partial charge in [0.2, 0.25) is 0 Å². The van der Waals surface area contributed by atoms with Gasteiger partial charge in [0.1, 0.15) is 11.5 Å². The van der Waals surface area contributed by atoms with Crippen molar-refractivity contribution >= 4 is 11.9 Å². The molecule has 0 aliphatic carbocycles. The van der Waals surface area contributed by atoms with Crippen LogP contribution in [0.25, 0.3) is 0 Å². The average Bonchev–Trinajstić information content (AvgIpc) is 2.53. The summed E-state index contributed by atoms with van der Waals surface area (Å²) in [7, 11) is 3.06. The van der Waals surface area contributed by atoms with Crippen LogP contribution in [0.1, 0.15) is 10.4 Å². The second-order valence-electron chi connectivity index (χ2n) is 5.03. The van der Waals surface area contributed by atoms with Crippen molar-refractivity contribution in [2.75, 3.05) is 46.9 Å². The van der Waals surface area contributed by atoms with Crippen LogP contribution in [0.15, 0.2) is 18.2 Å². The number of ether oxygens (including phenoxy) is 2. The van der Waals surface area contributed by atoms with Crippen LogP contribution in [0, 0.1) is 0 Å². The molecule has 120 valence electrons. The van der Waals surface area contributed by atoms with Crippen molar-refractivity contribution in [2.24, 2.45) is 0 Å². The van der Waals surface area contributed by atoms with Crippen molar-refractivity contribution in [3.63, 3.8) is 0 Å². The number of carbonyl (C=O) groups is 2. The normalized spacial score (nSPS) is 15.5. The molecule has 1 aliphatic heterocycles. The van der Waals surface area contributed by atoms with Gasteiger partial charge in [0.15, 0.2) is 0 Å². The van der Waals surface area contributed by atoms with Crippen LogP contribution in [0.3, 0.4) is 0 Å². The van der Waals surface area contributed by atoms with Crippen molar-refractivity contribution in [2.45, 2.75) is 0 Å². The summed E-state index contributed by atoms with van der Waals surface area (Å²) in [5.41, 5.74) is 0.481. The van der Waals surface area contributed by atoms with E-state index in [4.69, 9.17) is 14.6 Å². The number of methoxy groups -OCH3 is 2. The van der Waals surface area contributed by atoms with Gasteiger partial charge in [-0.05, 0) is 12.1 Å². The number of rotatable bonds is 5. The molecule has 0 spiro atoms. The van der Waals surface area contributed by atoms with Gasteiger partial charge in [-0.15, -0.1) is 0 Å². The predicted molar refractivity (Wildman–Crippen MR) is 79.5 cm³/mol. The minimum atomic E-state index is -0.850. The molecule has 2 rings (SSSR count). The molecule has 1 N–H and O–H groups in total. The summed E-state index contributed by atoms with van der Waals surface area (Å²) >= 11 is 0. The van der Waals surface area contributed by atoms with E-state index in [0.717, 1.165) is 0 Å². The molecule has 1 heterocycles. The lowest BCUT2D eigenvalue weighted by atomic mass is 10.1. The Balaban J connectivity index is 2.05. The van der Waals surface area contributed by atoms with Gasteiger partial charge >= 0.3 is 5.97 Å². The maximum atomic E-state index is 12.6. The van der Waals surface area contributed by atoms with Gasteiger partial charge in [-0.2, -0.15) is 0 Å². The van der Waals surface area contributed by atoms with E-state index >= 15 is 0 Å². The maximum Gasteiger partial charge on any atom is 0.317 e. The van der Waals surface area contributed by atoms with Crippen molar-refractivity contribution in [3.05, 3.63) is 23.8 Å². The van der Waals surface area contributed by atoms with Crippen LogP contribution in [-0.2, 0) is 4.79 Å². The zero-order valence-electron chi connectivity index (χ0n) is 12.7. The van der Waals surface area contributed by atoms with Crippen LogP contribution < -0.4 is 9.47 Å². The Morgan fingerprint density at radius 2 is 1.82 bits per heavy atom. The lowest BCUT2D eigenvalue weighted by molar-refractivity contribution is -0.138. The summed E-state index contributed by atoms with van der Waals surface area (Å²) in [4.78, 5) is 26.8. The molecule has 0 bridgehead atoms. The average molecular weight is 308 g/mol. The molecule has 1 fully saturated rings. The Kier molecular flexibility index (Phi) is 5.21. The van der Waals surface area contributed by atoms with Crippen molar-refractivity contribution in [1.82, 2.24) is 9.80 Å². The molecule has 0 saturated carbocycles. The Labute approximate surface area is 129 Å². The van der Waals surface area contributed by atoms with Crippen molar-refractivity contribution in [3.8, 4) is 11.5 Å². The Morgan fingerprint density at radius 1 is 1.14 bits per heavy atom. The number of carbonyl (C=O) groups excluding carboxylic acids is 1. The van der Waals surface area contributed by atoms with Crippen LogP contribution in [0.4, 0.5) is 0 Å². The van der Waals surface area contributed by atoms with Crippen LogP contribution in [0.2, 0.25) is 0 Å². The first-order valence-electron chi connectivity index (χ1n) is 7.00. The second kappa shape index (κ2) is 7.13. The van der Waals surface area contributed by atoms with E-state index in [1.165, 1.54) is 7.11 Å². The summed E-state index contributed by atoms with van der Waals surface area (Å²) in [6.45, 7) is 2.11. The van der Waals surface area contributed by atoms with Gasteiger partial charge in [-0.3, -0.25) is 14.5 Å². The van der Waals surface area contributed by atoms with Gasteiger partial charge in [-0.25, -0.2) is 0 Å². The van der Waals surface area contributed by atoms with E-state index in [9.17, 15) is 9.59 Å². The summed E-state index contributed by atoms with van der Waals surface area (Å²) in [5.74, 6) is 0.128. The number of hydrogen-bond acceptors (Lipinski definition) is 5. The molecule has 22 heavy (non-hydrogen) atoms. The largest absolute Gasteiger partial charge is 0.497 e. The molecular weight excluding hydrogens is 288 g/mol. The van der Waals surface area contributed by atoms with Gasteiger partial charge < -0.3 is 19.5 Å². The highest BCUT2D eigenvalue weighted by Gasteiger charge is 2.25. The van der Waals surface area contributed by atoms with E-state index in [-0.39, 0.29) is 12.5 Å². The minimum absolute atomic E-state index is 0.00782. The Morgan fingerprint density at radius 3 is 2.36 bits per heavy atom. The van der Waals surface area contributed by atoms with Crippen LogP contribution >= 0.6 is 0 Å². The van der Waals surface area contributed by atoms with Gasteiger partial charge in [0, 0.05) is 32.2 Å². The molecular formula is C15H20N2O5. The van der Waals surface area contributed by atoms with E-state index in [2.05, 4.69) is 0 Å². The lowest BCUT2D eigenvalue weighted by Gasteiger charge is -2.34. The number of hydrogen-bond donors (Lipinski definition) is 1. The Bertz CT molecular complexity index is 553. The van der Waals surface area contributed by atoms with Crippen LogP contribution in [0.5, 0.6) is 11.5 Å². The molecule has 0 radical (unpaired) electrons. The molecule has 1 aromatic rings. The number of nitrogens with zero attached hydrogens (tertiary/aromatic N) is 2. The topological polar surface area (TPSA) is 79.3 Å². The van der Waals surface area contributed by atoms with Crippen molar-refractivity contribution in [1.29, 1.82) is 0 Å². The fraction of sp³-hybridized carbons (Fsp3) is 0.467. The number of aliphatic carboxylic acids is 1. The minimum Gasteiger partial charge on any atom is -0.497 e. The summed E-state index contributed by atoms with van der Waals surface area (Å²) in [5, 5.41) is 8.79. The van der Waals surface area contributed by atoms with E-state index in [1.807, 2.05) is 4.90 Å². The lowest BCUT2D eigenvalue weighted by Crippen LogP contribution is -2.49. The molecule has 0 unspecified atom stereocenters. The van der Waals surface area contributed by atoms with Crippen LogP contribution in [-0.4, -0.2) is 73.7 Å². The highest BCUT2D eigenvalue weighted by atomic mass is 16.5. The third kappa shape index (κ3) is 3.67. The van der Waals surface area contributed by atoms with Gasteiger partial charge in [0.25, 0.3) is 5.91 Å². The molecule has 1 aromatic carbocycles. The van der Waals surface area contributed by atoms with E-state index in [0.29, 0.717) is 43.2 Å². The highest BCUT2D eigenvalue weighted by Crippen LogP contribution is 2.26.